The lowest BCUT2D eigenvalue weighted by Gasteiger charge is -2.32. The fourth-order valence-corrected chi connectivity index (χ4v) is 2.28. The number of hydrogen-bond donors (Lipinski definition) is 0. The molecule has 1 fully saturated rings. The highest BCUT2D eigenvalue weighted by Crippen LogP contribution is 2.40. The van der Waals surface area contributed by atoms with Gasteiger partial charge in [-0.25, -0.2) is 0 Å². The monoisotopic (exact) mass is 246 g/mol. The molecule has 1 atom stereocenters. The van der Waals surface area contributed by atoms with Crippen LogP contribution in [0.15, 0.2) is 0 Å². The van der Waals surface area contributed by atoms with Crippen LogP contribution in [-0.2, 0) is 9.31 Å². The largest absolute Gasteiger partial charge is 0.477 e. The zero-order valence-corrected chi connectivity index (χ0v) is 12.3. The highest BCUT2D eigenvalue weighted by Gasteiger charge is 2.53. The SMILES string of the molecule is CC(C)(C)CC(Cl)B1OC(C)(C)C(C)(C)O1. The molecule has 0 N–H and O–H groups in total. The molecule has 0 spiro atoms. The van der Waals surface area contributed by atoms with Gasteiger partial charge in [-0.3, -0.25) is 0 Å². The molecule has 0 aromatic carbocycles. The van der Waals surface area contributed by atoms with Gasteiger partial charge in [-0.2, -0.15) is 0 Å². The van der Waals surface area contributed by atoms with E-state index < -0.39 is 0 Å². The van der Waals surface area contributed by atoms with E-state index >= 15 is 0 Å². The van der Waals surface area contributed by atoms with Crippen molar-refractivity contribution in [2.75, 3.05) is 0 Å². The van der Waals surface area contributed by atoms with E-state index in [2.05, 4.69) is 20.8 Å². The van der Waals surface area contributed by atoms with Gasteiger partial charge < -0.3 is 9.31 Å². The lowest BCUT2D eigenvalue weighted by atomic mass is 9.75. The summed E-state index contributed by atoms with van der Waals surface area (Å²) in [5, 5.41) is -0.0962. The Labute approximate surface area is 105 Å². The minimum Gasteiger partial charge on any atom is -0.402 e. The van der Waals surface area contributed by atoms with Crippen molar-refractivity contribution >= 4 is 18.7 Å². The first kappa shape index (κ1) is 14.3. The average molecular weight is 247 g/mol. The molecule has 4 heteroatoms. The lowest BCUT2D eigenvalue weighted by Crippen LogP contribution is -2.41. The van der Waals surface area contributed by atoms with Gasteiger partial charge in [0.05, 0.1) is 16.5 Å². The van der Waals surface area contributed by atoms with Crippen LogP contribution in [0.4, 0.5) is 0 Å². The number of hydrogen-bond acceptors (Lipinski definition) is 2. The third kappa shape index (κ3) is 3.15. The molecule has 0 aliphatic carbocycles. The molecule has 16 heavy (non-hydrogen) atoms. The van der Waals surface area contributed by atoms with Crippen LogP contribution in [0.25, 0.3) is 0 Å². The van der Waals surface area contributed by atoms with Gasteiger partial charge in [0, 0.05) is 0 Å². The van der Waals surface area contributed by atoms with E-state index in [9.17, 15) is 0 Å². The molecule has 0 aromatic heterocycles. The minimum atomic E-state index is -0.300. The Balaban J connectivity index is 2.66. The third-order valence-corrected chi connectivity index (χ3v) is 3.73. The van der Waals surface area contributed by atoms with Gasteiger partial charge >= 0.3 is 7.12 Å². The predicted molar refractivity (Wildman–Crippen MR) is 69.8 cm³/mol. The van der Waals surface area contributed by atoms with Crippen molar-refractivity contribution in [2.45, 2.75) is 71.4 Å². The Kier molecular flexibility index (Phi) is 3.75. The van der Waals surface area contributed by atoms with E-state index in [1.54, 1.807) is 0 Å². The molecule has 0 radical (unpaired) electrons. The molecule has 1 saturated heterocycles. The second-order valence-corrected chi connectivity index (χ2v) is 7.47. The van der Waals surface area contributed by atoms with E-state index in [1.165, 1.54) is 0 Å². The molecule has 0 aromatic rings. The Bertz CT molecular complexity index is 242. The Morgan fingerprint density at radius 3 is 1.75 bits per heavy atom. The highest BCUT2D eigenvalue weighted by molar-refractivity contribution is 6.59. The fraction of sp³-hybridized carbons (Fsp3) is 1.00. The maximum Gasteiger partial charge on any atom is 0.477 e. The summed E-state index contributed by atoms with van der Waals surface area (Å²) in [7, 11) is -0.300. The van der Waals surface area contributed by atoms with E-state index in [1.807, 2.05) is 27.7 Å². The first-order valence-corrected chi connectivity index (χ1v) is 6.38. The van der Waals surface area contributed by atoms with Gasteiger partial charge in [0.25, 0.3) is 0 Å². The summed E-state index contributed by atoms with van der Waals surface area (Å²) in [6, 6.07) is 0. The van der Waals surface area contributed by atoms with Crippen molar-refractivity contribution in [3.63, 3.8) is 0 Å². The van der Waals surface area contributed by atoms with E-state index in [0.29, 0.717) is 0 Å². The van der Waals surface area contributed by atoms with Crippen LogP contribution >= 0.6 is 11.6 Å². The highest BCUT2D eigenvalue weighted by atomic mass is 35.5. The third-order valence-electron chi connectivity index (χ3n) is 3.37. The van der Waals surface area contributed by atoms with Crippen LogP contribution in [0.2, 0.25) is 0 Å². The molecule has 1 unspecified atom stereocenters. The van der Waals surface area contributed by atoms with Gasteiger partial charge in [-0.1, -0.05) is 20.8 Å². The standard InChI is InChI=1S/C12H24BClO2/c1-10(2,3)8-9(14)13-15-11(4,5)12(6,7)16-13/h9H,8H2,1-7H3. The second-order valence-electron chi connectivity index (χ2n) is 6.91. The predicted octanol–water partition coefficient (Wildman–Crippen LogP) is 3.66. The molecule has 1 rings (SSSR count). The van der Waals surface area contributed by atoms with E-state index in [4.69, 9.17) is 20.9 Å². The van der Waals surface area contributed by atoms with Gasteiger partial charge in [-0.15, -0.1) is 11.6 Å². The molecular formula is C12H24BClO2. The summed E-state index contributed by atoms with van der Waals surface area (Å²) in [6.45, 7) is 14.7. The van der Waals surface area contributed by atoms with Crippen LogP contribution in [0.3, 0.4) is 0 Å². The zero-order valence-electron chi connectivity index (χ0n) is 11.6. The zero-order chi connectivity index (χ0) is 12.8. The summed E-state index contributed by atoms with van der Waals surface area (Å²) in [4.78, 5) is 0. The van der Waals surface area contributed by atoms with Crippen molar-refractivity contribution in [3.8, 4) is 0 Å². The minimum absolute atomic E-state index is 0.0962. The van der Waals surface area contributed by atoms with Crippen LogP contribution in [0.1, 0.15) is 54.9 Å². The number of rotatable bonds is 2. The maximum absolute atomic E-state index is 6.38. The number of alkyl halides is 1. The summed E-state index contributed by atoms with van der Waals surface area (Å²) in [5.74, 6) is 0. The van der Waals surface area contributed by atoms with Crippen molar-refractivity contribution in [1.29, 1.82) is 0 Å². The van der Waals surface area contributed by atoms with Crippen molar-refractivity contribution in [2.24, 2.45) is 5.41 Å². The molecule has 0 saturated carbocycles. The van der Waals surface area contributed by atoms with Crippen molar-refractivity contribution in [3.05, 3.63) is 0 Å². The Morgan fingerprint density at radius 2 is 1.44 bits per heavy atom. The first-order chi connectivity index (χ1) is 6.95. The molecule has 0 bridgehead atoms. The normalized spacial score (nSPS) is 25.9. The average Bonchev–Trinajstić information content (AvgIpc) is 2.17. The first-order valence-electron chi connectivity index (χ1n) is 5.94. The van der Waals surface area contributed by atoms with Gasteiger partial charge in [0.1, 0.15) is 0 Å². The van der Waals surface area contributed by atoms with Crippen LogP contribution in [0, 0.1) is 5.41 Å². The lowest BCUT2D eigenvalue weighted by molar-refractivity contribution is 0.00578. The molecular weight excluding hydrogens is 222 g/mol. The smallest absolute Gasteiger partial charge is 0.402 e. The fourth-order valence-electron chi connectivity index (χ4n) is 1.72. The van der Waals surface area contributed by atoms with Crippen molar-refractivity contribution in [1.82, 2.24) is 0 Å². The van der Waals surface area contributed by atoms with Crippen LogP contribution < -0.4 is 0 Å². The Morgan fingerprint density at radius 1 is 1.06 bits per heavy atom. The van der Waals surface area contributed by atoms with Crippen LogP contribution in [-0.4, -0.2) is 23.6 Å². The van der Waals surface area contributed by atoms with Gasteiger partial charge in [0.2, 0.25) is 0 Å². The summed E-state index contributed by atoms with van der Waals surface area (Å²) < 4.78 is 11.8. The molecule has 0 amide bonds. The van der Waals surface area contributed by atoms with E-state index in [-0.39, 0.29) is 29.0 Å². The van der Waals surface area contributed by atoms with Crippen LogP contribution in [0.5, 0.6) is 0 Å². The Hall–Kier alpha value is 0.275. The molecule has 1 aliphatic heterocycles. The summed E-state index contributed by atoms with van der Waals surface area (Å²) >= 11 is 6.38. The van der Waals surface area contributed by atoms with Gasteiger partial charge in [-0.05, 0) is 39.5 Å². The molecule has 94 valence electrons. The van der Waals surface area contributed by atoms with E-state index in [0.717, 1.165) is 6.42 Å². The topological polar surface area (TPSA) is 18.5 Å². The molecule has 2 nitrogen and oxygen atoms in total. The van der Waals surface area contributed by atoms with Crippen molar-refractivity contribution < 1.29 is 9.31 Å². The molecule has 1 heterocycles. The second kappa shape index (κ2) is 4.18. The van der Waals surface area contributed by atoms with Gasteiger partial charge in [0.15, 0.2) is 0 Å². The maximum atomic E-state index is 6.38. The quantitative estimate of drug-likeness (QED) is 0.547. The number of halogens is 1. The summed E-state index contributed by atoms with van der Waals surface area (Å²) in [6.07, 6.45) is 0.880. The molecule has 1 aliphatic rings. The summed E-state index contributed by atoms with van der Waals surface area (Å²) in [5.41, 5.74) is -0.388.